The molecular formula is C20H29N. The molecule has 1 heterocycles. The molecule has 3 aliphatic rings. The van der Waals surface area contributed by atoms with Gasteiger partial charge in [-0.3, -0.25) is 4.90 Å². The van der Waals surface area contributed by atoms with Gasteiger partial charge in [-0.2, -0.15) is 0 Å². The molecule has 3 atom stereocenters. The molecular weight excluding hydrogens is 254 g/mol. The highest BCUT2D eigenvalue weighted by Crippen LogP contribution is 2.57. The van der Waals surface area contributed by atoms with Crippen molar-refractivity contribution in [3.8, 4) is 0 Å². The van der Waals surface area contributed by atoms with E-state index in [0.29, 0.717) is 29.8 Å². The van der Waals surface area contributed by atoms with Crippen LogP contribution in [0.25, 0.3) is 0 Å². The van der Waals surface area contributed by atoms with Crippen molar-refractivity contribution in [3.63, 3.8) is 0 Å². The summed E-state index contributed by atoms with van der Waals surface area (Å²) in [6.07, 6.45) is 17.6. The molecule has 3 unspecified atom stereocenters. The van der Waals surface area contributed by atoms with Gasteiger partial charge in [0, 0.05) is 23.4 Å². The number of fused-ring (bicyclic) bond motifs is 2. The molecule has 0 aromatic carbocycles. The van der Waals surface area contributed by atoms with Crippen LogP contribution in [0.1, 0.15) is 34.1 Å². The second kappa shape index (κ2) is 5.28. The van der Waals surface area contributed by atoms with Crippen molar-refractivity contribution in [2.75, 3.05) is 7.05 Å². The number of allylic oxidation sites excluding steroid dienone is 4. The minimum Gasteiger partial charge on any atom is -0.292 e. The minimum atomic E-state index is 0.272. The van der Waals surface area contributed by atoms with Gasteiger partial charge in [0.2, 0.25) is 0 Å². The topological polar surface area (TPSA) is 3.24 Å². The molecule has 2 aliphatic carbocycles. The fraction of sp³-hybridized carbons (Fsp3) is 0.600. The lowest BCUT2D eigenvalue weighted by Gasteiger charge is -2.60. The van der Waals surface area contributed by atoms with Gasteiger partial charge in [-0.15, -0.1) is 0 Å². The van der Waals surface area contributed by atoms with Crippen LogP contribution in [0.15, 0.2) is 48.1 Å². The molecule has 0 spiro atoms. The number of hydrogen-bond acceptors (Lipinski definition) is 1. The summed E-state index contributed by atoms with van der Waals surface area (Å²) >= 11 is 0. The highest BCUT2D eigenvalue weighted by Gasteiger charge is 2.55. The summed E-state index contributed by atoms with van der Waals surface area (Å²) in [4.78, 5) is 2.60. The lowest BCUT2D eigenvalue weighted by atomic mass is 9.50. The first-order chi connectivity index (χ1) is 10.0. The predicted molar refractivity (Wildman–Crippen MR) is 91.1 cm³/mol. The predicted octanol–water partition coefficient (Wildman–Crippen LogP) is 4.60. The standard InChI is InChI=1S/C20H29N/c1-14(2)20(15(3)4)16-10-6-8-12-18(16)21(5)19-13-9-7-11-17(19)20/h6-12,14-16,18-19H,13H2,1-5H3. The van der Waals surface area contributed by atoms with Crippen LogP contribution in [0.4, 0.5) is 0 Å². The van der Waals surface area contributed by atoms with E-state index in [1.807, 2.05) is 0 Å². The summed E-state index contributed by atoms with van der Waals surface area (Å²) < 4.78 is 0. The summed E-state index contributed by atoms with van der Waals surface area (Å²) in [6, 6.07) is 1.10. The van der Waals surface area contributed by atoms with E-state index in [1.165, 1.54) is 0 Å². The fourth-order valence-electron chi connectivity index (χ4n) is 5.37. The van der Waals surface area contributed by atoms with Crippen molar-refractivity contribution in [1.82, 2.24) is 4.90 Å². The van der Waals surface area contributed by atoms with E-state index in [9.17, 15) is 0 Å². The zero-order valence-corrected chi connectivity index (χ0v) is 14.1. The quantitative estimate of drug-likeness (QED) is 0.716. The van der Waals surface area contributed by atoms with Crippen LogP contribution in [0, 0.1) is 23.2 Å². The number of hydrogen-bond donors (Lipinski definition) is 0. The Kier molecular flexibility index (Phi) is 3.73. The van der Waals surface area contributed by atoms with Gasteiger partial charge in [0.05, 0.1) is 0 Å². The smallest absolute Gasteiger partial charge is 0.0355 e. The lowest BCUT2D eigenvalue weighted by molar-refractivity contribution is -0.00920. The van der Waals surface area contributed by atoms with Crippen LogP contribution in [-0.2, 0) is 0 Å². The molecule has 1 fully saturated rings. The van der Waals surface area contributed by atoms with E-state index in [0.717, 1.165) is 6.42 Å². The van der Waals surface area contributed by atoms with E-state index in [1.54, 1.807) is 5.57 Å². The third-order valence-corrected chi connectivity index (χ3v) is 6.16. The number of rotatable bonds is 2. The molecule has 1 saturated heterocycles. The second-order valence-electron chi connectivity index (χ2n) is 7.50. The summed E-state index contributed by atoms with van der Waals surface area (Å²) in [5, 5.41) is 0. The molecule has 1 aliphatic heterocycles. The Bertz CT molecular complexity index is 508. The zero-order valence-electron chi connectivity index (χ0n) is 14.1. The monoisotopic (exact) mass is 283 g/mol. The van der Waals surface area contributed by atoms with Gasteiger partial charge < -0.3 is 0 Å². The van der Waals surface area contributed by atoms with Crippen LogP contribution in [0.3, 0.4) is 0 Å². The Morgan fingerprint density at radius 1 is 1.05 bits per heavy atom. The fourth-order valence-corrected chi connectivity index (χ4v) is 5.37. The van der Waals surface area contributed by atoms with Crippen LogP contribution in [0.5, 0.6) is 0 Å². The van der Waals surface area contributed by atoms with E-state index in [2.05, 4.69) is 82.2 Å². The first-order valence-corrected chi connectivity index (χ1v) is 8.45. The summed E-state index contributed by atoms with van der Waals surface area (Å²) in [5.74, 6) is 1.88. The zero-order chi connectivity index (χ0) is 15.2. The van der Waals surface area contributed by atoms with Gasteiger partial charge in [0.15, 0.2) is 0 Å². The number of likely N-dealkylation sites (tertiary alicyclic amines) is 1. The number of piperidine rings is 1. The average molecular weight is 283 g/mol. The average Bonchev–Trinajstić information content (AvgIpc) is 2.47. The molecule has 0 aromatic heterocycles. The van der Waals surface area contributed by atoms with Gasteiger partial charge >= 0.3 is 0 Å². The first kappa shape index (κ1) is 14.8. The van der Waals surface area contributed by atoms with Gasteiger partial charge in [-0.05, 0) is 30.9 Å². The van der Waals surface area contributed by atoms with Crippen molar-refractivity contribution in [2.45, 2.75) is 46.2 Å². The highest BCUT2D eigenvalue weighted by atomic mass is 15.2. The Balaban J connectivity index is 2.21. The molecule has 21 heavy (non-hydrogen) atoms. The molecule has 0 saturated carbocycles. The van der Waals surface area contributed by atoms with Gasteiger partial charge in [-0.1, -0.05) is 70.2 Å². The van der Waals surface area contributed by atoms with Gasteiger partial charge in [0.25, 0.3) is 0 Å². The maximum atomic E-state index is 2.60. The highest BCUT2D eigenvalue weighted by molar-refractivity contribution is 5.39. The summed E-state index contributed by atoms with van der Waals surface area (Å²) in [7, 11) is 2.31. The second-order valence-corrected chi connectivity index (χ2v) is 7.50. The van der Waals surface area contributed by atoms with Gasteiger partial charge in [0.1, 0.15) is 0 Å². The van der Waals surface area contributed by atoms with E-state index in [4.69, 9.17) is 0 Å². The third kappa shape index (κ3) is 1.93. The third-order valence-electron chi connectivity index (χ3n) is 6.16. The van der Waals surface area contributed by atoms with Crippen molar-refractivity contribution in [1.29, 1.82) is 0 Å². The lowest BCUT2D eigenvalue weighted by Crippen LogP contribution is -2.61. The Labute approximate surface area is 130 Å². The summed E-state index contributed by atoms with van der Waals surface area (Å²) in [6.45, 7) is 9.69. The van der Waals surface area contributed by atoms with Crippen LogP contribution < -0.4 is 0 Å². The molecule has 1 nitrogen and oxygen atoms in total. The molecule has 0 radical (unpaired) electrons. The molecule has 0 N–H and O–H groups in total. The van der Waals surface area contributed by atoms with Crippen LogP contribution >= 0.6 is 0 Å². The molecule has 114 valence electrons. The molecule has 0 amide bonds. The number of nitrogens with zero attached hydrogens (tertiary/aromatic N) is 1. The van der Waals surface area contributed by atoms with Crippen molar-refractivity contribution in [2.24, 2.45) is 23.2 Å². The first-order valence-electron chi connectivity index (χ1n) is 8.45. The Morgan fingerprint density at radius 2 is 1.71 bits per heavy atom. The van der Waals surface area contributed by atoms with Crippen molar-refractivity contribution < 1.29 is 0 Å². The SMILES string of the molecule is CC(C)C1(C(C)C)C2=CC=CCC2N(C)C2C=CC=CC21. The maximum Gasteiger partial charge on any atom is 0.0355 e. The van der Waals surface area contributed by atoms with Crippen molar-refractivity contribution in [3.05, 3.63) is 48.1 Å². The molecule has 0 aromatic rings. The molecule has 1 heteroatoms. The largest absolute Gasteiger partial charge is 0.292 e. The molecule has 0 bridgehead atoms. The van der Waals surface area contributed by atoms with E-state index in [-0.39, 0.29) is 5.41 Å². The van der Waals surface area contributed by atoms with Gasteiger partial charge in [-0.25, -0.2) is 0 Å². The van der Waals surface area contributed by atoms with Crippen LogP contribution in [0.2, 0.25) is 0 Å². The van der Waals surface area contributed by atoms with Crippen LogP contribution in [-0.4, -0.2) is 24.0 Å². The summed E-state index contributed by atoms with van der Waals surface area (Å²) in [5.41, 5.74) is 1.94. The normalized spacial score (nSPS) is 34.0. The van der Waals surface area contributed by atoms with E-state index >= 15 is 0 Å². The maximum absolute atomic E-state index is 2.60. The molecule has 3 rings (SSSR count). The van der Waals surface area contributed by atoms with Crippen molar-refractivity contribution >= 4 is 0 Å². The number of likely N-dealkylation sites (N-methyl/N-ethyl adjacent to an activating group) is 1. The Morgan fingerprint density at radius 3 is 2.38 bits per heavy atom. The minimum absolute atomic E-state index is 0.272. The Hall–Kier alpha value is -1.08. The van der Waals surface area contributed by atoms with E-state index < -0.39 is 0 Å².